The van der Waals surface area contributed by atoms with Gasteiger partial charge >= 0.3 is 0 Å². The second-order valence-corrected chi connectivity index (χ2v) is 6.32. The van der Waals surface area contributed by atoms with Crippen molar-refractivity contribution in [2.24, 2.45) is 0 Å². The van der Waals surface area contributed by atoms with Crippen LogP contribution in [0, 0.1) is 19.7 Å². The van der Waals surface area contributed by atoms with Crippen LogP contribution in [-0.2, 0) is 10.0 Å². The lowest BCUT2D eigenvalue weighted by Gasteiger charge is -2.13. The minimum Gasteiger partial charge on any atom is -0.276 e. The van der Waals surface area contributed by atoms with Crippen LogP contribution in [0.2, 0.25) is 5.15 Å². The average Bonchev–Trinajstić information content (AvgIpc) is 2.37. The van der Waals surface area contributed by atoms with Gasteiger partial charge in [0.25, 0.3) is 10.0 Å². The van der Waals surface area contributed by atoms with Gasteiger partial charge in [-0.3, -0.25) is 4.72 Å². The first-order chi connectivity index (χ1) is 9.31. The van der Waals surface area contributed by atoms with E-state index < -0.39 is 15.8 Å². The Balaban J connectivity index is 2.49. The maximum atomic E-state index is 13.2. The summed E-state index contributed by atoms with van der Waals surface area (Å²) in [7, 11) is -3.93. The van der Waals surface area contributed by atoms with E-state index in [2.05, 4.69) is 9.71 Å². The normalized spacial score (nSPS) is 11.4. The molecule has 0 saturated heterocycles. The minimum atomic E-state index is -3.93. The van der Waals surface area contributed by atoms with Crippen molar-refractivity contribution >= 4 is 27.3 Å². The lowest BCUT2D eigenvalue weighted by Crippen LogP contribution is -2.16. The van der Waals surface area contributed by atoms with Crippen LogP contribution in [0.4, 0.5) is 10.1 Å². The fourth-order valence-electron chi connectivity index (χ4n) is 1.70. The number of nitrogens with one attached hydrogen (secondary N) is 1. The molecule has 0 aliphatic rings. The molecule has 0 fully saturated rings. The molecule has 1 heterocycles. The van der Waals surface area contributed by atoms with Crippen molar-refractivity contribution in [3.05, 3.63) is 52.6 Å². The van der Waals surface area contributed by atoms with E-state index in [-0.39, 0.29) is 15.7 Å². The minimum absolute atomic E-state index is 0.0441. The number of anilines is 1. The van der Waals surface area contributed by atoms with Gasteiger partial charge in [0.1, 0.15) is 5.82 Å². The third kappa shape index (κ3) is 2.91. The highest BCUT2D eigenvalue weighted by atomic mass is 35.5. The van der Waals surface area contributed by atoms with Crippen LogP contribution < -0.4 is 4.72 Å². The third-order valence-electron chi connectivity index (χ3n) is 2.79. The molecule has 2 aromatic rings. The molecule has 0 radical (unpaired) electrons. The summed E-state index contributed by atoms with van der Waals surface area (Å²) in [5.74, 6) is -0.620. The summed E-state index contributed by atoms with van der Waals surface area (Å²) in [6.07, 6.45) is 1.48. The first kappa shape index (κ1) is 14.7. The first-order valence-electron chi connectivity index (χ1n) is 5.71. The van der Waals surface area contributed by atoms with E-state index in [0.29, 0.717) is 11.1 Å². The summed E-state index contributed by atoms with van der Waals surface area (Å²) in [5.41, 5.74) is 1.26. The summed E-state index contributed by atoms with van der Waals surface area (Å²) in [5, 5.41) is 0.0441. The Morgan fingerprint density at radius 3 is 2.55 bits per heavy atom. The molecule has 0 aliphatic carbocycles. The molecule has 0 bridgehead atoms. The highest BCUT2D eigenvalue weighted by molar-refractivity contribution is 7.92. The van der Waals surface area contributed by atoms with Gasteiger partial charge in [-0.05, 0) is 43.2 Å². The van der Waals surface area contributed by atoms with Gasteiger partial charge in [0, 0.05) is 6.20 Å². The Bertz CT molecular complexity index is 743. The van der Waals surface area contributed by atoms with Gasteiger partial charge in [-0.1, -0.05) is 17.7 Å². The molecule has 106 valence electrons. The van der Waals surface area contributed by atoms with Crippen LogP contribution in [0.3, 0.4) is 0 Å². The Morgan fingerprint density at radius 1 is 1.20 bits per heavy atom. The maximum Gasteiger partial charge on any atom is 0.262 e. The third-order valence-corrected chi connectivity index (χ3v) is 4.57. The van der Waals surface area contributed by atoms with E-state index in [0.717, 1.165) is 6.07 Å². The lowest BCUT2D eigenvalue weighted by molar-refractivity contribution is 0.594. The lowest BCUT2D eigenvalue weighted by atomic mass is 10.2. The molecule has 1 aromatic heterocycles. The second kappa shape index (κ2) is 5.38. The predicted octanol–water partition coefficient (Wildman–Crippen LogP) is 3.29. The van der Waals surface area contributed by atoms with Crippen molar-refractivity contribution in [3.63, 3.8) is 0 Å². The van der Waals surface area contributed by atoms with Gasteiger partial charge in [0.2, 0.25) is 0 Å². The SMILES string of the molecule is Cc1ccc(F)cc1S(=O)(=O)Nc1c(C)ccnc1Cl. The molecule has 1 N–H and O–H groups in total. The van der Waals surface area contributed by atoms with Crippen LogP contribution in [0.1, 0.15) is 11.1 Å². The van der Waals surface area contributed by atoms with E-state index in [9.17, 15) is 12.8 Å². The molecule has 4 nitrogen and oxygen atoms in total. The van der Waals surface area contributed by atoms with Crippen molar-refractivity contribution in [3.8, 4) is 0 Å². The zero-order chi connectivity index (χ0) is 14.9. The number of aromatic nitrogens is 1. The number of hydrogen-bond donors (Lipinski definition) is 1. The smallest absolute Gasteiger partial charge is 0.262 e. The molecule has 20 heavy (non-hydrogen) atoms. The topological polar surface area (TPSA) is 59.1 Å². The molecule has 0 spiro atoms. The van der Waals surface area contributed by atoms with E-state index in [1.165, 1.54) is 18.3 Å². The Kier molecular flexibility index (Phi) is 3.96. The summed E-state index contributed by atoms with van der Waals surface area (Å²) < 4.78 is 40.2. The molecule has 2 rings (SSSR count). The Morgan fingerprint density at radius 2 is 1.90 bits per heavy atom. The largest absolute Gasteiger partial charge is 0.276 e. The number of nitrogens with zero attached hydrogens (tertiary/aromatic N) is 1. The molecule has 0 atom stereocenters. The molecular formula is C13H12ClFN2O2S. The monoisotopic (exact) mass is 314 g/mol. The molecular weight excluding hydrogens is 303 g/mol. The number of sulfonamides is 1. The van der Waals surface area contributed by atoms with E-state index >= 15 is 0 Å². The first-order valence-corrected chi connectivity index (χ1v) is 7.57. The molecule has 1 aromatic carbocycles. The molecule has 0 saturated carbocycles. The standard InChI is InChI=1S/C13H12ClFN2O2S/c1-8-3-4-10(15)7-11(8)20(18,19)17-12-9(2)5-6-16-13(12)14/h3-7,17H,1-2H3. The average molecular weight is 315 g/mol. The number of hydrogen-bond acceptors (Lipinski definition) is 3. The van der Waals surface area contributed by atoms with Gasteiger partial charge in [0.05, 0.1) is 10.6 Å². The number of halogens is 2. The van der Waals surface area contributed by atoms with Crippen LogP contribution in [-0.4, -0.2) is 13.4 Å². The van der Waals surface area contributed by atoms with Crippen molar-refractivity contribution in [1.82, 2.24) is 4.98 Å². The fourth-order valence-corrected chi connectivity index (χ4v) is 3.41. The summed E-state index contributed by atoms with van der Waals surface area (Å²) >= 11 is 5.88. The number of benzene rings is 1. The molecule has 0 amide bonds. The maximum absolute atomic E-state index is 13.2. The van der Waals surface area contributed by atoms with Crippen LogP contribution in [0.25, 0.3) is 0 Å². The van der Waals surface area contributed by atoms with Crippen molar-refractivity contribution < 1.29 is 12.8 Å². The van der Waals surface area contributed by atoms with Gasteiger partial charge in [-0.2, -0.15) is 0 Å². The summed E-state index contributed by atoms with van der Waals surface area (Å²) in [6, 6.07) is 5.21. The Hall–Kier alpha value is -1.66. The van der Waals surface area contributed by atoms with Crippen LogP contribution in [0.15, 0.2) is 35.4 Å². The molecule has 0 unspecified atom stereocenters. The quantitative estimate of drug-likeness (QED) is 0.884. The van der Waals surface area contributed by atoms with Crippen LogP contribution >= 0.6 is 11.6 Å². The van der Waals surface area contributed by atoms with Gasteiger partial charge in [-0.15, -0.1) is 0 Å². The Labute approximate surface area is 121 Å². The van der Waals surface area contributed by atoms with Crippen molar-refractivity contribution in [2.75, 3.05) is 4.72 Å². The van der Waals surface area contributed by atoms with E-state index in [4.69, 9.17) is 11.6 Å². The number of rotatable bonds is 3. The highest BCUT2D eigenvalue weighted by Crippen LogP contribution is 2.27. The number of pyridine rings is 1. The summed E-state index contributed by atoms with van der Waals surface area (Å²) in [4.78, 5) is 3.69. The number of aryl methyl sites for hydroxylation is 2. The van der Waals surface area contributed by atoms with Crippen molar-refractivity contribution in [1.29, 1.82) is 0 Å². The van der Waals surface area contributed by atoms with Crippen molar-refractivity contribution in [2.45, 2.75) is 18.7 Å². The zero-order valence-electron chi connectivity index (χ0n) is 10.8. The predicted molar refractivity (Wildman–Crippen MR) is 75.9 cm³/mol. The van der Waals surface area contributed by atoms with Gasteiger partial charge < -0.3 is 0 Å². The van der Waals surface area contributed by atoms with Gasteiger partial charge in [-0.25, -0.2) is 17.8 Å². The molecule has 0 aliphatic heterocycles. The second-order valence-electron chi connectivity index (χ2n) is 4.31. The fraction of sp³-hybridized carbons (Fsp3) is 0.154. The molecule has 7 heteroatoms. The zero-order valence-corrected chi connectivity index (χ0v) is 12.4. The van der Waals surface area contributed by atoms with Crippen LogP contribution in [0.5, 0.6) is 0 Å². The summed E-state index contributed by atoms with van der Waals surface area (Å²) in [6.45, 7) is 3.29. The van der Waals surface area contributed by atoms with Gasteiger partial charge in [0.15, 0.2) is 5.15 Å². The highest BCUT2D eigenvalue weighted by Gasteiger charge is 2.20. The van der Waals surface area contributed by atoms with E-state index in [1.807, 2.05) is 0 Å². The van der Waals surface area contributed by atoms with E-state index in [1.54, 1.807) is 19.9 Å².